The molecular formula is C18H19ClN4O6S. The molecule has 2 aromatic heterocycles. The molecule has 0 amide bonds. The highest BCUT2D eigenvalue weighted by molar-refractivity contribution is 7.93. The van der Waals surface area contributed by atoms with Gasteiger partial charge in [-0.15, -0.1) is 0 Å². The molecule has 0 spiro atoms. The van der Waals surface area contributed by atoms with Gasteiger partial charge in [0.05, 0.1) is 34.0 Å². The quantitative estimate of drug-likeness (QED) is 0.531. The number of ether oxygens (including phenoxy) is 4. The second kappa shape index (κ2) is 8.17. The fraction of sp³-hybridized carbons (Fsp3) is 0.333. The van der Waals surface area contributed by atoms with Crippen molar-refractivity contribution in [1.29, 1.82) is 0 Å². The number of aromatic amines is 1. The maximum absolute atomic E-state index is 12.9. The van der Waals surface area contributed by atoms with Crippen LogP contribution in [0.4, 0.5) is 5.95 Å². The van der Waals surface area contributed by atoms with E-state index in [0.29, 0.717) is 35.7 Å². The number of anilines is 1. The minimum Gasteiger partial charge on any atom is -0.484 e. The molecule has 30 heavy (non-hydrogen) atoms. The summed E-state index contributed by atoms with van der Waals surface area (Å²) in [7, 11) is -1.23. The van der Waals surface area contributed by atoms with E-state index in [0.717, 1.165) is 0 Å². The summed E-state index contributed by atoms with van der Waals surface area (Å²) < 4.78 is 49.6. The fourth-order valence-corrected chi connectivity index (χ4v) is 4.20. The van der Waals surface area contributed by atoms with Gasteiger partial charge in [0.2, 0.25) is 11.7 Å². The Morgan fingerprint density at radius 3 is 2.53 bits per heavy atom. The number of H-pyrrole nitrogens is 1. The number of rotatable bonds is 8. The standard InChI is InChI=1S/C18H19ClN4O6S/c1-26-16-15(29-9-10-7-28-8-10)17(27-2)22-18(21-16)23-30(24,25)14-6-20-13-5-11(19)3-4-12(13)14/h3-6,10,20H,7-9H2,1-2H3,(H,21,22,23). The summed E-state index contributed by atoms with van der Waals surface area (Å²) in [5.74, 6) is 0.326. The lowest BCUT2D eigenvalue weighted by atomic mass is 10.1. The highest BCUT2D eigenvalue weighted by atomic mass is 35.5. The van der Waals surface area contributed by atoms with Crippen molar-refractivity contribution < 1.29 is 27.4 Å². The largest absolute Gasteiger partial charge is 0.484 e. The van der Waals surface area contributed by atoms with E-state index in [1.165, 1.54) is 20.4 Å². The molecule has 10 nitrogen and oxygen atoms in total. The van der Waals surface area contributed by atoms with Gasteiger partial charge in [-0.25, -0.2) is 13.1 Å². The van der Waals surface area contributed by atoms with E-state index in [-0.39, 0.29) is 34.3 Å². The summed E-state index contributed by atoms with van der Waals surface area (Å²) in [4.78, 5) is 11.2. The zero-order valence-corrected chi connectivity index (χ0v) is 17.7. The third kappa shape index (κ3) is 3.95. The van der Waals surface area contributed by atoms with Gasteiger partial charge in [0, 0.05) is 28.0 Å². The van der Waals surface area contributed by atoms with Gasteiger partial charge >= 0.3 is 0 Å². The maximum Gasteiger partial charge on any atom is 0.266 e. The van der Waals surface area contributed by atoms with Crippen molar-refractivity contribution in [2.75, 3.05) is 38.8 Å². The third-order valence-electron chi connectivity index (χ3n) is 4.48. The second-order valence-electron chi connectivity index (χ2n) is 6.56. The van der Waals surface area contributed by atoms with E-state index in [4.69, 9.17) is 30.5 Å². The number of fused-ring (bicyclic) bond motifs is 1. The highest BCUT2D eigenvalue weighted by Crippen LogP contribution is 2.36. The van der Waals surface area contributed by atoms with Gasteiger partial charge in [-0.2, -0.15) is 9.97 Å². The number of sulfonamides is 1. The molecule has 0 saturated carbocycles. The molecule has 0 bridgehead atoms. The normalized spacial score (nSPS) is 14.4. The molecule has 1 aliphatic rings. The summed E-state index contributed by atoms with van der Waals surface area (Å²) in [6.45, 7) is 1.59. The third-order valence-corrected chi connectivity index (χ3v) is 6.08. The Bertz CT molecular complexity index is 1150. The topological polar surface area (TPSA) is 125 Å². The number of benzene rings is 1. The molecule has 1 saturated heterocycles. The van der Waals surface area contributed by atoms with E-state index in [1.54, 1.807) is 18.2 Å². The Morgan fingerprint density at radius 2 is 1.93 bits per heavy atom. The van der Waals surface area contributed by atoms with Crippen LogP contribution in [0.1, 0.15) is 0 Å². The van der Waals surface area contributed by atoms with E-state index < -0.39 is 10.0 Å². The monoisotopic (exact) mass is 454 g/mol. The van der Waals surface area contributed by atoms with Crippen LogP contribution in [-0.2, 0) is 14.8 Å². The number of nitrogens with one attached hydrogen (secondary N) is 2. The Hall–Kier alpha value is -2.76. The van der Waals surface area contributed by atoms with Crippen LogP contribution in [0.3, 0.4) is 0 Å². The van der Waals surface area contributed by atoms with Gasteiger partial charge in [-0.05, 0) is 18.2 Å². The molecule has 1 aromatic carbocycles. The number of hydrogen-bond donors (Lipinski definition) is 2. The van der Waals surface area contributed by atoms with Crippen LogP contribution in [-0.4, -0.2) is 57.4 Å². The first-order valence-electron chi connectivity index (χ1n) is 8.91. The number of halogens is 1. The van der Waals surface area contributed by atoms with Gasteiger partial charge in [0.25, 0.3) is 21.8 Å². The van der Waals surface area contributed by atoms with E-state index in [9.17, 15) is 8.42 Å². The molecule has 3 aromatic rings. The molecule has 1 aliphatic heterocycles. The first-order chi connectivity index (χ1) is 14.4. The minimum atomic E-state index is -4.01. The molecule has 4 rings (SSSR count). The molecule has 0 aliphatic carbocycles. The molecular weight excluding hydrogens is 436 g/mol. The van der Waals surface area contributed by atoms with Gasteiger partial charge in [-0.3, -0.25) is 0 Å². The summed E-state index contributed by atoms with van der Waals surface area (Å²) >= 11 is 5.96. The van der Waals surface area contributed by atoms with Crippen LogP contribution < -0.4 is 18.9 Å². The van der Waals surface area contributed by atoms with Crippen molar-refractivity contribution in [3.05, 3.63) is 29.4 Å². The van der Waals surface area contributed by atoms with Crippen molar-refractivity contribution in [1.82, 2.24) is 15.0 Å². The Balaban J connectivity index is 1.64. The Kier molecular flexibility index (Phi) is 5.58. The van der Waals surface area contributed by atoms with Crippen LogP contribution in [0, 0.1) is 5.92 Å². The molecule has 0 atom stereocenters. The van der Waals surface area contributed by atoms with Crippen molar-refractivity contribution in [3.63, 3.8) is 0 Å². The Morgan fingerprint density at radius 1 is 1.23 bits per heavy atom. The van der Waals surface area contributed by atoms with E-state index >= 15 is 0 Å². The van der Waals surface area contributed by atoms with Crippen molar-refractivity contribution in [3.8, 4) is 17.5 Å². The average Bonchev–Trinajstić information content (AvgIpc) is 3.10. The van der Waals surface area contributed by atoms with Crippen molar-refractivity contribution in [2.45, 2.75) is 4.90 Å². The first kappa shape index (κ1) is 20.5. The first-order valence-corrected chi connectivity index (χ1v) is 10.8. The predicted molar refractivity (Wildman–Crippen MR) is 109 cm³/mol. The van der Waals surface area contributed by atoms with Gasteiger partial charge < -0.3 is 23.9 Å². The van der Waals surface area contributed by atoms with Gasteiger partial charge in [-0.1, -0.05) is 11.6 Å². The fourth-order valence-electron chi connectivity index (χ4n) is 2.91. The summed E-state index contributed by atoms with van der Waals surface area (Å²) in [5, 5.41) is 0.969. The summed E-state index contributed by atoms with van der Waals surface area (Å²) in [6, 6.07) is 4.86. The zero-order valence-electron chi connectivity index (χ0n) is 16.1. The number of methoxy groups -OCH3 is 2. The number of aromatic nitrogens is 3. The zero-order chi connectivity index (χ0) is 21.3. The SMILES string of the molecule is COc1nc(NS(=O)(=O)c2c[nH]c3cc(Cl)ccc23)nc(OC)c1OCC1COC1. The highest BCUT2D eigenvalue weighted by Gasteiger charge is 2.26. The summed E-state index contributed by atoms with van der Waals surface area (Å²) in [5.41, 5.74) is 0.586. The van der Waals surface area contributed by atoms with Crippen LogP contribution in [0.25, 0.3) is 10.9 Å². The summed E-state index contributed by atoms with van der Waals surface area (Å²) in [6.07, 6.45) is 1.37. The minimum absolute atomic E-state index is 0.0287. The molecule has 1 fully saturated rings. The molecule has 0 unspecified atom stereocenters. The van der Waals surface area contributed by atoms with E-state index in [2.05, 4.69) is 19.7 Å². The van der Waals surface area contributed by atoms with Crippen LogP contribution in [0.15, 0.2) is 29.3 Å². The van der Waals surface area contributed by atoms with Gasteiger partial charge in [0.1, 0.15) is 4.90 Å². The lowest BCUT2D eigenvalue weighted by Gasteiger charge is -2.26. The Labute approximate surface area is 177 Å². The van der Waals surface area contributed by atoms with Gasteiger partial charge in [0.15, 0.2) is 0 Å². The van der Waals surface area contributed by atoms with Crippen molar-refractivity contribution >= 4 is 38.5 Å². The van der Waals surface area contributed by atoms with Crippen LogP contribution in [0.2, 0.25) is 5.02 Å². The van der Waals surface area contributed by atoms with E-state index in [1.807, 2.05) is 0 Å². The van der Waals surface area contributed by atoms with Crippen LogP contribution >= 0.6 is 11.6 Å². The second-order valence-corrected chi connectivity index (χ2v) is 8.64. The lowest BCUT2D eigenvalue weighted by molar-refractivity contribution is -0.0515. The number of nitrogens with zero attached hydrogens (tertiary/aromatic N) is 2. The molecule has 3 heterocycles. The molecule has 160 valence electrons. The maximum atomic E-state index is 12.9. The molecule has 0 radical (unpaired) electrons. The molecule has 12 heteroatoms. The smallest absolute Gasteiger partial charge is 0.266 e. The molecule has 2 N–H and O–H groups in total. The average molecular weight is 455 g/mol. The lowest BCUT2D eigenvalue weighted by Crippen LogP contribution is -2.32. The van der Waals surface area contributed by atoms with Crippen molar-refractivity contribution in [2.24, 2.45) is 5.92 Å². The van der Waals surface area contributed by atoms with Crippen LogP contribution in [0.5, 0.6) is 17.5 Å². The predicted octanol–water partition coefficient (Wildman–Crippen LogP) is 2.45. The number of hydrogen-bond acceptors (Lipinski definition) is 8.